The molecule has 0 spiro atoms. The first-order valence-corrected chi connectivity index (χ1v) is 12.2. The molecule has 6 aromatic rings. The van der Waals surface area contributed by atoms with E-state index in [0.29, 0.717) is 17.6 Å². The molecule has 172 valence electrons. The predicted octanol–water partition coefficient (Wildman–Crippen LogP) is 7.46. The first kappa shape index (κ1) is 20.8. The monoisotopic (exact) mass is 464 g/mol. The van der Waals surface area contributed by atoms with Crippen molar-refractivity contribution in [1.82, 2.24) is 19.5 Å². The lowest BCUT2D eigenvalue weighted by molar-refractivity contribution is 0.617. The second-order valence-electron chi connectivity index (χ2n) is 9.76. The highest BCUT2D eigenvalue weighted by molar-refractivity contribution is 6.03. The van der Waals surface area contributed by atoms with Crippen LogP contribution in [0, 0.1) is 0 Å². The normalized spacial score (nSPS) is 13.5. The van der Waals surface area contributed by atoms with Gasteiger partial charge in [-0.3, -0.25) is 4.57 Å². The summed E-state index contributed by atoms with van der Waals surface area (Å²) in [6.45, 7) is 4.59. The van der Waals surface area contributed by atoms with Gasteiger partial charge in [-0.05, 0) is 17.2 Å². The molecule has 0 saturated heterocycles. The highest BCUT2D eigenvalue weighted by atomic mass is 15.2. The van der Waals surface area contributed by atoms with Gasteiger partial charge in [-0.1, -0.05) is 117 Å². The van der Waals surface area contributed by atoms with Gasteiger partial charge in [0.2, 0.25) is 5.95 Å². The summed E-state index contributed by atoms with van der Waals surface area (Å²) >= 11 is 0. The molecule has 0 amide bonds. The Balaban J connectivity index is 1.58. The van der Waals surface area contributed by atoms with Crippen molar-refractivity contribution in [2.75, 3.05) is 0 Å². The van der Waals surface area contributed by atoms with Crippen LogP contribution in [0.3, 0.4) is 0 Å². The summed E-state index contributed by atoms with van der Waals surface area (Å²) in [5, 5.41) is 1.22. The zero-order chi connectivity index (χ0) is 24.3. The molecule has 0 aliphatic heterocycles. The number of rotatable bonds is 3. The number of fused-ring (bicyclic) bond motifs is 5. The Morgan fingerprint density at radius 1 is 0.583 bits per heavy atom. The third kappa shape index (κ3) is 2.97. The lowest BCUT2D eigenvalue weighted by Gasteiger charge is -2.24. The first-order valence-electron chi connectivity index (χ1n) is 12.2. The van der Waals surface area contributed by atoms with Gasteiger partial charge in [0, 0.05) is 33.2 Å². The van der Waals surface area contributed by atoms with E-state index in [9.17, 15) is 0 Å². The SMILES string of the molecule is CC1(C)c2ccccc2-c2c1n(-c1nc(-c3ccccc3)nc(-c3ccccc3)n1)c1ccccc21. The molecule has 0 N–H and O–H groups in total. The van der Waals surface area contributed by atoms with Crippen molar-refractivity contribution in [1.29, 1.82) is 0 Å². The number of nitrogens with zero attached hydrogens (tertiary/aromatic N) is 4. The summed E-state index contributed by atoms with van der Waals surface area (Å²) in [6, 6.07) is 37.6. The van der Waals surface area contributed by atoms with Gasteiger partial charge in [-0.2, -0.15) is 9.97 Å². The third-order valence-corrected chi connectivity index (χ3v) is 7.22. The van der Waals surface area contributed by atoms with E-state index in [1.807, 2.05) is 60.7 Å². The summed E-state index contributed by atoms with van der Waals surface area (Å²) in [4.78, 5) is 15.0. The highest BCUT2D eigenvalue weighted by Crippen LogP contribution is 2.53. The Morgan fingerprint density at radius 3 is 1.81 bits per heavy atom. The van der Waals surface area contributed by atoms with E-state index in [2.05, 4.69) is 66.9 Å². The molecule has 1 aliphatic carbocycles. The summed E-state index contributed by atoms with van der Waals surface area (Å²) in [7, 11) is 0. The Labute approximate surface area is 210 Å². The van der Waals surface area contributed by atoms with Crippen LogP contribution in [-0.4, -0.2) is 19.5 Å². The van der Waals surface area contributed by atoms with Crippen LogP contribution in [0.15, 0.2) is 109 Å². The van der Waals surface area contributed by atoms with Gasteiger partial charge < -0.3 is 0 Å². The smallest absolute Gasteiger partial charge is 0.238 e. The van der Waals surface area contributed by atoms with Crippen LogP contribution in [0.25, 0.3) is 50.8 Å². The maximum Gasteiger partial charge on any atom is 0.238 e. The maximum absolute atomic E-state index is 5.07. The van der Waals surface area contributed by atoms with Crippen molar-refractivity contribution in [3.63, 3.8) is 0 Å². The largest absolute Gasteiger partial charge is 0.281 e. The van der Waals surface area contributed by atoms with Crippen LogP contribution in [-0.2, 0) is 5.41 Å². The van der Waals surface area contributed by atoms with Gasteiger partial charge in [-0.25, -0.2) is 4.98 Å². The Hall–Kier alpha value is -4.57. The first-order chi connectivity index (χ1) is 17.6. The minimum absolute atomic E-state index is 0.211. The van der Waals surface area contributed by atoms with Crippen molar-refractivity contribution in [2.24, 2.45) is 0 Å². The fourth-order valence-electron chi connectivity index (χ4n) is 5.58. The second kappa shape index (κ2) is 7.72. The molecule has 4 heteroatoms. The topological polar surface area (TPSA) is 43.6 Å². The summed E-state index contributed by atoms with van der Waals surface area (Å²) in [6.07, 6.45) is 0. The average molecular weight is 465 g/mol. The van der Waals surface area contributed by atoms with Crippen molar-refractivity contribution in [3.8, 4) is 39.9 Å². The Bertz CT molecular complexity index is 1690. The molecular weight excluding hydrogens is 440 g/mol. The molecule has 0 atom stereocenters. The molecule has 0 radical (unpaired) electrons. The lowest BCUT2D eigenvalue weighted by atomic mass is 9.85. The molecule has 0 saturated carbocycles. The van der Waals surface area contributed by atoms with Crippen molar-refractivity contribution < 1.29 is 0 Å². The molecule has 4 nitrogen and oxygen atoms in total. The predicted molar refractivity (Wildman–Crippen MR) is 145 cm³/mol. The summed E-state index contributed by atoms with van der Waals surface area (Å²) in [5.74, 6) is 1.97. The fourth-order valence-corrected chi connectivity index (χ4v) is 5.58. The number of para-hydroxylation sites is 1. The molecule has 0 fully saturated rings. The van der Waals surface area contributed by atoms with E-state index in [-0.39, 0.29) is 5.41 Å². The van der Waals surface area contributed by atoms with E-state index in [1.165, 1.54) is 27.8 Å². The molecule has 2 aromatic heterocycles. The van der Waals surface area contributed by atoms with E-state index in [4.69, 9.17) is 15.0 Å². The van der Waals surface area contributed by atoms with Gasteiger partial charge in [0.15, 0.2) is 11.6 Å². The number of hydrogen-bond acceptors (Lipinski definition) is 3. The van der Waals surface area contributed by atoms with Crippen LogP contribution < -0.4 is 0 Å². The minimum Gasteiger partial charge on any atom is -0.281 e. The zero-order valence-corrected chi connectivity index (χ0v) is 20.2. The Morgan fingerprint density at radius 2 is 1.14 bits per heavy atom. The van der Waals surface area contributed by atoms with E-state index < -0.39 is 0 Å². The minimum atomic E-state index is -0.211. The van der Waals surface area contributed by atoms with Crippen LogP contribution >= 0.6 is 0 Å². The van der Waals surface area contributed by atoms with E-state index in [1.54, 1.807) is 0 Å². The summed E-state index contributed by atoms with van der Waals surface area (Å²) in [5.41, 5.74) is 7.93. The molecular formula is C32H24N4. The average Bonchev–Trinajstić information content (AvgIpc) is 3.40. The quantitative estimate of drug-likeness (QED) is 0.273. The van der Waals surface area contributed by atoms with E-state index >= 15 is 0 Å². The van der Waals surface area contributed by atoms with Crippen molar-refractivity contribution in [3.05, 3.63) is 120 Å². The van der Waals surface area contributed by atoms with Gasteiger partial charge in [-0.15, -0.1) is 0 Å². The van der Waals surface area contributed by atoms with Crippen LogP contribution in [0.4, 0.5) is 0 Å². The van der Waals surface area contributed by atoms with Gasteiger partial charge >= 0.3 is 0 Å². The molecule has 2 heterocycles. The van der Waals surface area contributed by atoms with E-state index in [0.717, 1.165) is 16.6 Å². The Kier molecular flexibility index (Phi) is 4.45. The third-order valence-electron chi connectivity index (χ3n) is 7.22. The second-order valence-corrected chi connectivity index (χ2v) is 9.76. The molecule has 36 heavy (non-hydrogen) atoms. The maximum atomic E-state index is 5.07. The number of aromatic nitrogens is 4. The standard InChI is InChI=1S/C32H24N4/c1-32(2)25-19-11-9-17-23(25)27-24-18-10-12-20-26(24)36(28(27)32)31-34-29(21-13-5-3-6-14-21)33-30(35-31)22-15-7-4-8-16-22/h3-20H,1-2H3. The van der Waals surface area contributed by atoms with Gasteiger partial charge in [0.1, 0.15) is 0 Å². The molecule has 4 aromatic carbocycles. The van der Waals surface area contributed by atoms with Crippen molar-refractivity contribution >= 4 is 10.9 Å². The molecule has 0 unspecified atom stereocenters. The highest BCUT2D eigenvalue weighted by Gasteiger charge is 2.41. The summed E-state index contributed by atoms with van der Waals surface area (Å²) < 4.78 is 2.26. The van der Waals surface area contributed by atoms with Crippen LogP contribution in [0.2, 0.25) is 0 Å². The fraction of sp³-hybridized carbons (Fsp3) is 0.0938. The lowest BCUT2D eigenvalue weighted by Crippen LogP contribution is -2.21. The number of hydrogen-bond donors (Lipinski definition) is 0. The number of benzene rings is 4. The van der Waals surface area contributed by atoms with Crippen LogP contribution in [0.1, 0.15) is 25.1 Å². The van der Waals surface area contributed by atoms with Gasteiger partial charge in [0.25, 0.3) is 0 Å². The zero-order valence-electron chi connectivity index (χ0n) is 20.2. The van der Waals surface area contributed by atoms with Gasteiger partial charge in [0.05, 0.1) is 5.52 Å². The molecule has 0 bridgehead atoms. The van der Waals surface area contributed by atoms with Crippen LogP contribution in [0.5, 0.6) is 0 Å². The van der Waals surface area contributed by atoms with Crippen molar-refractivity contribution in [2.45, 2.75) is 19.3 Å². The molecule has 7 rings (SSSR count). The molecule has 1 aliphatic rings.